The molecule has 3 amide bonds. The number of amides is 3. The average molecular weight is 445 g/mol. The second-order valence-electron chi connectivity index (χ2n) is 6.03. The lowest BCUT2D eigenvalue weighted by Gasteiger charge is -2.06. The van der Waals surface area contributed by atoms with Gasteiger partial charge >= 0.3 is 12.0 Å². The predicted octanol–water partition coefficient (Wildman–Crippen LogP) is 4.41. The molecule has 10 heteroatoms. The normalized spacial score (nSPS) is 10.2. The number of hydrogen-bond acceptors (Lipinski definition) is 6. The second-order valence-corrected chi connectivity index (χ2v) is 7.32. The number of aromatic nitrogens is 1. The molecule has 0 aliphatic rings. The Hall–Kier alpha value is -3.43. The highest BCUT2D eigenvalue weighted by Crippen LogP contribution is 2.19. The Bertz CT molecular complexity index is 1070. The Morgan fingerprint density at radius 3 is 2.50 bits per heavy atom. The fraction of sp³-hybridized carbons (Fsp3) is 0.100. The molecular formula is C20H17ClN4O4S. The zero-order chi connectivity index (χ0) is 21.5. The van der Waals surface area contributed by atoms with Crippen LogP contribution in [0.1, 0.15) is 16.1 Å². The molecule has 0 fully saturated rings. The fourth-order valence-electron chi connectivity index (χ4n) is 2.45. The van der Waals surface area contributed by atoms with Gasteiger partial charge in [0.05, 0.1) is 24.8 Å². The molecule has 0 aliphatic carbocycles. The van der Waals surface area contributed by atoms with Crippen LogP contribution in [0.4, 0.5) is 21.3 Å². The van der Waals surface area contributed by atoms with Crippen LogP contribution in [0, 0.1) is 0 Å². The van der Waals surface area contributed by atoms with E-state index in [0.717, 1.165) is 0 Å². The molecule has 8 nitrogen and oxygen atoms in total. The van der Waals surface area contributed by atoms with Crippen molar-refractivity contribution in [2.45, 2.75) is 6.42 Å². The summed E-state index contributed by atoms with van der Waals surface area (Å²) in [7, 11) is 1.30. The first kappa shape index (κ1) is 21.3. The monoisotopic (exact) mass is 444 g/mol. The first-order valence-electron chi connectivity index (χ1n) is 8.69. The molecule has 1 aromatic heterocycles. The minimum Gasteiger partial charge on any atom is -0.465 e. The number of esters is 1. The van der Waals surface area contributed by atoms with Crippen LogP contribution in [0.3, 0.4) is 0 Å². The van der Waals surface area contributed by atoms with E-state index in [9.17, 15) is 14.4 Å². The van der Waals surface area contributed by atoms with Gasteiger partial charge in [-0.15, -0.1) is 11.3 Å². The fourth-order valence-corrected chi connectivity index (χ4v) is 3.34. The van der Waals surface area contributed by atoms with Gasteiger partial charge in [-0.3, -0.25) is 10.1 Å². The van der Waals surface area contributed by atoms with Crippen LogP contribution in [0.2, 0.25) is 5.02 Å². The van der Waals surface area contributed by atoms with Gasteiger partial charge in [-0.2, -0.15) is 0 Å². The number of hydrogen-bond donors (Lipinski definition) is 3. The molecule has 2 aromatic carbocycles. The van der Waals surface area contributed by atoms with Crippen molar-refractivity contribution in [3.05, 3.63) is 70.2 Å². The third kappa shape index (κ3) is 6.03. The number of nitrogens with one attached hydrogen (secondary N) is 3. The molecule has 3 N–H and O–H groups in total. The largest absolute Gasteiger partial charge is 0.465 e. The molecular weight excluding hydrogens is 428 g/mol. The van der Waals surface area contributed by atoms with Crippen molar-refractivity contribution < 1.29 is 19.1 Å². The summed E-state index contributed by atoms with van der Waals surface area (Å²) < 4.78 is 4.63. The van der Waals surface area contributed by atoms with E-state index in [0.29, 0.717) is 32.8 Å². The predicted molar refractivity (Wildman–Crippen MR) is 116 cm³/mol. The van der Waals surface area contributed by atoms with Crippen LogP contribution < -0.4 is 16.0 Å². The van der Waals surface area contributed by atoms with Crippen LogP contribution in [-0.4, -0.2) is 30.0 Å². The van der Waals surface area contributed by atoms with Crippen molar-refractivity contribution in [1.82, 2.24) is 4.98 Å². The topological polar surface area (TPSA) is 109 Å². The van der Waals surface area contributed by atoms with Crippen LogP contribution in [0.25, 0.3) is 0 Å². The number of nitrogens with zero attached hydrogens (tertiary/aromatic N) is 1. The molecule has 0 aliphatic heterocycles. The molecule has 3 rings (SSSR count). The van der Waals surface area contributed by atoms with Gasteiger partial charge < -0.3 is 15.4 Å². The number of urea groups is 1. The first-order chi connectivity index (χ1) is 14.4. The quantitative estimate of drug-likeness (QED) is 0.488. The lowest BCUT2D eigenvalue weighted by atomic mass is 10.2. The van der Waals surface area contributed by atoms with Gasteiger partial charge in [-0.1, -0.05) is 17.7 Å². The van der Waals surface area contributed by atoms with E-state index in [1.54, 1.807) is 53.9 Å². The summed E-state index contributed by atoms with van der Waals surface area (Å²) in [5, 5.41) is 10.5. The van der Waals surface area contributed by atoms with Gasteiger partial charge in [0.15, 0.2) is 5.13 Å². The number of halogens is 1. The minimum absolute atomic E-state index is 0.0346. The molecule has 0 bridgehead atoms. The van der Waals surface area contributed by atoms with Crippen molar-refractivity contribution in [2.75, 3.05) is 23.1 Å². The molecule has 0 saturated carbocycles. The molecule has 0 spiro atoms. The van der Waals surface area contributed by atoms with Crippen LogP contribution >= 0.6 is 22.9 Å². The summed E-state index contributed by atoms with van der Waals surface area (Å²) in [5.74, 6) is -0.726. The highest BCUT2D eigenvalue weighted by Gasteiger charge is 2.11. The van der Waals surface area contributed by atoms with E-state index in [4.69, 9.17) is 11.6 Å². The number of ether oxygens (including phenoxy) is 1. The Kier molecular flexibility index (Phi) is 6.99. The summed E-state index contributed by atoms with van der Waals surface area (Å²) >= 11 is 7.09. The van der Waals surface area contributed by atoms with Gasteiger partial charge in [0, 0.05) is 21.8 Å². The van der Waals surface area contributed by atoms with Crippen molar-refractivity contribution in [3.63, 3.8) is 0 Å². The molecule has 3 aromatic rings. The average Bonchev–Trinajstić information content (AvgIpc) is 3.14. The third-order valence-corrected chi connectivity index (χ3v) is 4.83. The number of rotatable bonds is 6. The molecule has 154 valence electrons. The molecule has 0 radical (unpaired) electrons. The number of anilines is 3. The van der Waals surface area contributed by atoms with Gasteiger partial charge in [0.1, 0.15) is 0 Å². The molecule has 0 saturated heterocycles. The number of benzene rings is 2. The number of carbonyl (C=O) groups excluding carboxylic acids is 3. The van der Waals surface area contributed by atoms with Gasteiger partial charge in [-0.25, -0.2) is 14.6 Å². The van der Waals surface area contributed by atoms with Crippen LogP contribution in [0.15, 0.2) is 53.9 Å². The van der Waals surface area contributed by atoms with Crippen molar-refractivity contribution >= 4 is 57.4 Å². The number of methoxy groups -OCH3 is 1. The SMILES string of the molecule is COC(=O)c1ccc(NC(=O)Cc2csc(NC(=O)Nc3cccc(Cl)c3)n2)cc1. The molecule has 1 heterocycles. The summed E-state index contributed by atoms with van der Waals surface area (Å²) in [6.45, 7) is 0. The maximum atomic E-state index is 12.2. The van der Waals surface area contributed by atoms with E-state index in [-0.39, 0.29) is 12.3 Å². The summed E-state index contributed by atoms with van der Waals surface area (Å²) in [6.07, 6.45) is 0.0346. The zero-order valence-corrected chi connectivity index (χ0v) is 17.3. The van der Waals surface area contributed by atoms with Crippen LogP contribution in [0.5, 0.6) is 0 Å². The lowest BCUT2D eigenvalue weighted by molar-refractivity contribution is -0.115. The van der Waals surface area contributed by atoms with E-state index >= 15 is 0 Å². The van der Waals surface area contributed by atoms with E-state index < -0.39 is 12.0 Å². The molecule has 0 atom stereocenters. The highest BCUT2D eigenvalue weighted by atomic mass is 35.5. The Morgan fingerprint density at radius 1 is 1.03 bits per heavy atom. The summed E-state index contributed by atoms with van der Waals surface area (Å²) in [6, 6.07) is 12.6. The highest BCUT2D eigenvalue weighted by molar-refractivity contribution is 7.14. The number of carbonyl (C=O) groups is 3. The van der Waals surface area contributed by atoms with Crippen molar-refractivity contribution in [3.8, 4) is 0 Å². The maximum absolute atomic E-state index is 12.2. The van der Waals surface area contributed by atoms with E-state index in [1.165, 1.54) is 18.4 Å². The Morgan fingerprint density at radius 2 is 1.80 bits per heavy atom. The van der Waals surface area contributed by atoms with Crippen LogP contribution in [-0.2, 0) is 16.0 Å². The lowest BCUT2D eigenvalue weighted by Crippen LogP contribution is -2.19. The first-order valence-corrected chi connectivity index (χ1v) is 9.95. The van der Waals surface area contributed by atoms with Gasteiger partial charge in [0.2, 0.25) is 5.91 Å². The summed E-state index contributed by atoms with van der Waals surface area (Å²) in [4.78, 5) is 39.9. The third-order valence-electron chi connectivity index (χ3n) is 3.79. The summed E-state index contributed by atoms with van der Waals surface area (Å²) in [5.41, 5.74) is 2.00. The van der Waals surface area contributed by atoms with E-state index in [1.807, 2.05) is 0 Å². The minimum atomic E-state index is -0.465. The molecule has 30 heavy (non-hydrogen) atoms. The molecule has 0 unspecified atom stereocenters. The smallest absolute Gasteiger partial charge is 0.337 e. The Balaban J connectivity index is 1.51. The standard InChI is InChI=1S/C20H17ClN4O4S/c1-29-18(27)12-5-7-14(8-6-12)22-17(26)10-16-11-30-20(24-16)25-19(28)23-15-4-2-3-13(21)9-15/h2-9,11H,10H2,1H3,(H,22,26)(H2,23,24,25,28). The van der Waals surface area contributed by atoms with Crippen molar-refractivity contribution in [1.29, 1.82) is 0 Å². The van der Waals surface area contributed by atoms with Gasteiger partial charge in [0.25, 0.3) is 0 Å². The van der Waals surface area contributed by atoms with Crippen molar-refractivity contribution in [2.24, 2.45) is 0 Å². The van der Waals surface area contributed by atoms with E-state index in [2.05, 4.69) is 25.7 Å². The second kappa shape index (κ2) is 9.86. The van der Waals surface area contributed by atoms with Gasteiger partial charge in [-0.05, 0) is 42.5 Å². The zero-order valence-electron chi connectivity index (χ0n) is 15.8. The number of thiazole rings is 1. The Labute approximate surface area is 181 Å². The maximum Gasteiger partial charge on any atom is 0.337 e.